The number of nitrogens with zero attached hydrogens (tertiary/aromatic N) is 3. The molecule has 0 spiro atoms. The lowest BCUT2D eigenvalue weighted by Crippen LogP contribution is -2.19. The zero-order valence-corrected chi connectivity index (χ0v) is 15.9. The molecular weight excluding hydrogens is 370 g/mol. The lowest BCUT2D eigenvalue weighted by Gasteiger charge is -2.08. The molecule has 0 fully saturated rings. The van der Waals surface area contributed by atoms with Crippen LogP contribution in [0.5, 0.6) is 0 Å². The first-order valence-corrected chi connectivity index (χ1v) is 9.11. The first kappa shape index (κ1) is 20.3. The van der Waals surface area contributed by atoms with Crippen LogP contribution < -0.4 is 11.0 Å². The third-order valence-corrected chi connectivity index (χ3v) is 4.52. The van der Waals surface area contributed by atoms with Crippen LogP contribution in [0.25, 0.3) is 0 Å². The second-order valence-corrected chi connectivity index (χ2v) is 6.58. The van der Waals surface area contributed by atoms with E-state index >= 15 is 0 Å². The molecule has 2 aromatic rings. The van der Waals surface area contributed by atoms with Gasteiger partial charge in [-0.3, -0.25) is 19.7 Å². The quantitative estimate of drug-likeness (QED) is 0.245. The summed E-state index contributed by atoms with van der Waals surface area (Å²) in [5, 5.41) is 15.5. The van der Waals surface area contributed by atoms with E-state index in [1.807, 2.05) is 6.92 Å². The molecule has 1 aromatic heterocycles. The van der Waals surface area contributed by atoms with Crippen molar-refractivity contribution in [3.05, 3.63) is 61.6 Å². The topological polar surface area (TPSA) is 130 Å². The van der Waals surface area contributed by atoms with Crippen molar-refractivity contribution < 1.29 is 9.72 Å². The number of non-ortho nitro benzene ring substituents is 1. The Balaban J connectivity index is 2.30. The molecule has 0 atom stereocenters. The number of hydrazone groups is 1. The summed E-state index contributed by atoms with van der Waals surface area (Å²) in [6.45, 7) is 4.96. The highest BCUT2D eigenvalue weighted by atomic mass is 32.2. The summed E-state index contributed by atoms with van der Waals surface area (Å²) in [6.07, 6.45) is 0.585. The van der Waals surface area contributed by atoms with Crippen LogP contribution in [0.2, 0.25) is 0 Å². The Morgan fingerprint density at radius 1 is 1.44 bits per heavy atom. The summed E-state index contributed by atoms with van der Waals surface area (Å²) < 4.78 is 0. The first-order valence-electron chi connectivity index (χ1n) is 8.12. The molecule has 0 unspecified atom stereocenters. The standard InChI is InChI=1S/C17H19N5O4S/c1-4-14-10(2)18-17(19-16(14)24)27-9-15(21-20-11(3)23)12-6-5-7-13(8-12)22(25)26/h5-8H,4,9H2,1-3H3,(H,20,23)(H,18,19,24)/b21-15-. The lowest BCUT2D eigenvalue weighted by atomic mass is 10.1. The van der Waals surface area contributed by atoms with Gasteiger partial charge in [0.1, 0.15) is 0 Å². The third kappa shape index (κ3) is 5.48. The SMILES string of the molecule is CCc1c(C)nc(SC/C(=N/NC(C)=O)c2cccc([N+](=O)[O-])c2)[nH]c1=O. The Morgan fingerprint density at radius 2 is 2.19 bits per heavy atom. The highest BCUT2D eigenvalue weighted by molar-refractivity contribution is 7.99. The van der Waals surface area contributed by atoms with E-state index in [1.165, 1.54) is 30.8 Å². The van der Waals surface area contributed by atoms with Gasteiger partial charge in [-0.05, 0) is 13.3 Å². The molecule has 1 heterocycles. The summed E-state index contributed by atoms with van der Waals surface area (Å²) in [6, 6.07) is 5.96. The van der Waals surface area contributed by atoms with Gasteiger partial charge in [0.05, 0.1) is 10.6 Å². The summed E-state index contributed by atoms with van der Waals surface area (Å²) in [5.74, 6) is -0.118. The van der Waals surface area contributed by atoms with Crippen molar-refractivity contribution in [1.82, 2.24) is 15.4 Å². The number of carbonyl (C=O) groups excluding carboxylic acids is 1. The number of amides is 1. The summed E-state index contributed by atoms with van der Waals surface area (Å²) in [7, 11) is 0. The molecule has 9 nitrogen and oxygen atoms in total. The fraction of sp³-hybridized carbons (Fsp3) is 0.294. The highest BCUT2D eigenvalue weighted by Crippen LogP contribution is 2.19. The Hall–Kier alpha value is -3.01. The lowest BCUT2D eigenvalue weighted by molar-refractivity contribution is -0.384. The number of carbonyl (C=O) groups is 1. The molecule has 27 heavy (non-hydrogen) atoms. The summed E-state index contributed by atoms with van der Waals surface area (Å²) >= 11 is 1.22. The van der Waals surface area contributed by atoms with Crippen molar-refractivity contribution in [3.63, 3.8) is 0 Å². The fourth-order valence-corrected chi connectivity index (χ4v) is 3.20. The number of nitro benzene ring substituents is 1. The molecule has 0 saturated carbocycles. The van der Waals surface area contributed by atoms with Crippen LogP contribution >= 0.6 is 11.8 Å². The van der Waals surface area contributed by atoms with Gasteiger partial charge >= 0.3 is 0 Å². The molecule has 0 aliphatic rings. The van der Waals surface area contributed by atoms with E-state index in [2.05, 4.69) is 20.5 Å². The first-order chi connectivity index (χ1) is 12.8. The second kappa shape index (κ2) is 9.08. The number of hydrogen-bond donors (Lipinski definition) is 2. The third-order valence-electron chi connectivity index (χ3n) is 3.64. The van der Waals surface area contributed by atoms with Gasteiger partial charge < -0.3 is 4.98 Å². The van der Waals surface area contributed by atoms with Gasteiger partial charge in [-0.15, -0.1) is 0 Å². The van der Waals surface area contributed by atoms with E-state index in [4.69, 9.17) is 0 Å². The Morgan fingerprint density at radius 3 is 2.78 bits per heavy atom. The number of thioether (sulfide) groups is 1. The second-order valence-electron chi connectivity index (χ2n) is 5.61. The molecule has 0 bridgehead atoms. The van der Waals surface area contributed by atoms with Crippen LogP contribution in [0.15, 0.2) is 39.3 Å². The van der Waals surface area contributed by atoms with Crippen molar-refractivity contribution >= 4 is 29.1 Å². The number of hydrogen-bond acceptors (Lipinski definition) is 7. The van der Waals surface area contributed by atoms with Crippen molar-refractivity contribution in [3.8, 4) is 0 Å². The number of nitro groups is 1. The minimum absolute atomic E-state index is 0.0808. The normalized spacial score (nSPS) is 11.3. The van der Waals surface area contributed by atoms with Gasteiger partial charge in [-0.1, -0.05) is 30.8 Å². The molecule has 0 aliphatic carbocycles. The molecule has 0 radical (unpaired) electrons. The number of aromatic nitrogens is 2. The Kier molecular flexibility index (Phi) is 6.83. The zero-order valence-electron chi connectivity index (χ0n) is 15.1. The number of H-pyrrole nitrogens is 1. The van der Waals surface area contributed by atoms with Crippen LogP contribution in [-0.4, -0.2) is 32.3 Å². The van der Waals surface area contributed by atoms with E-state index in [-0.39, 0.29) is 22.9 Å². The van der Waals surface area contributed by atoms with Crippen LogP contribution in [0, 0.1) is 17.0 Å². The Labute approximate surface area is 159 Å². The molecule has 142 valence electrons. The number of rotatable bonds is 7. The molecule has 0 saturated heterocycles. The molecule has 2 rings (SSSR count). The van der Waals surface area contributed by atoms with Gasteiger partial charge in [0, 0.05) is 41.6 Å². The predicted molar refractivity (Wildman–Crippen MR) is 103 cm³/mol. The maximum atomic E-state index is 12.1. The maximum absolute atomic E-state index is 12.1. The van der Waals surface area contributed by atoms with Crippen molar-refractivity contribution in [2.45, 2.75) is 32.3 Å². The smallest absolute Gasteiger partial charge is 0.270 e. The van der Waals surface area contributed by atoms with E-state index in [0.717, 1.165) is 0 Å². The minimum Gasteiger partial charge on any atom is -0.301 e. The van der Waals surface area contributed by atoms with E-state index in [1.54, 1.807) is 19.1 Å². The zero-order chi connectivity index (χ0) is 20.0. The van der Waals surface area contributed by atoms with E-state index < -0.39 is 4.92 Å². The van der Waals surface area contributed by atoms with Gasteiger partial charge in [-0.25, -0.2) is 10.4 Å². The van der Waals surface area contributed by atoms with Crippen LogP contribution in [0.3, 0.4) is 0 Å². The minimum atomic E-state index is -0.501. The fourth-order valence-electron chi connectivity index (χ4n) is 2.33. The van der Waals surface area contributed by atoms with Gasteiger partial charge in [0.2, 0.25) is 5.91 Å². The summed E-state index contributed by atoms with van der Waals surface area (Å²) in [4.78, 5) is 40.8. The van der Waals surface area contributed by atoms with Crippen LogP contribution in [0.1, 0.15) is 30.7 Å². The van der Waals surface area contributed by atoms with Gasteiger partial charge in [-0.2, -0.15) is 5.10 Å². The molecule has 1 amide bonds. The monoisotopic (exact) mass is 389 g/mol. The highest BCUT2D eigenvalue weighted by Gasteiger charge is 2.13. The number of aryl methyl sites for hydroxylation is 1. The molecule has 10 heteroatoms. The average Bonchev–Trinajstić information content (AvgIpc) is 2.61. The molecule has 0 aliphatic heterocycles. The van der Waals surface area contributed by atoms with E-state index in [9.17, 15) is 19.7 Å². The van der Waals surface area contributed by atoms with Crippen molar-refractivity contribution in [2.75, 3.05) is 5.75 Å². The van der Waals surface area contributed by atoms with Crippen molar-refractivity contribution in [2.24, 2.45) is 5.10 Å². The number of aromatic amines is 1. The maximum Gasteiger partial charge on any atom is 0.270 e. The van der Waals surface area contributed by atoms with Crippen molar-refractivity contribution in [1.29, 1.82) is 0 Å². The number of nitrogens with one attached hydrogen (secondary N) is 2. The largest absolute Gasteiger partial charge is 0.301 e. The Bertz CT molecular complexity index is 955. The van der Waals surface area contributed by atoms with E-state index in [0.29, 0.717) is 34.1 Å². The van der Waals surface area contributed by atoms with Gasteiger partial charge in [0.25, 0.3) is 11.2 Å². The predicted octanol–water partition coefficient (Wildman–Crippen LogP) is 2.18. The molecular formula is C17H19N5O4S. The number of benzene rings is 1. The van der Waals surface area contributed by atoms with Crippen LogP contribution in [-0.2, 0) is 11.2 Å². The molecule has 1 aromatic carbocycles. The average molecular weight is 389 g/mol. The summed E-state index contributed by atoms with van der Waals surface area (Å²) in [5.41, 5.74) is 4.26. The van der Waals surface area contributed by atoms with Gasteiger partial charge in [0.15, 0.2) is 5.16 Å². The van der Waals surface area contributed by atoms with Crippen LogP contribution in [0.4, 0.5) is 5.69 Å². The molecule has 2 N–H and O–H groups in total.